The fraction of sp³-hybridized carbons (Fsp3) is 0.158. The Bertz CT molecular complexity index is 763. The second kappa shape index (κ2) is 7.97. The van der Waals surface area contributed by atoms with Crippen LogP contribution in [0.4, 0.5) is 5.69 Å². The number of anilines is 1. The number of ether oxygens (including phenoxy) is 2. The molecule has 0 aliphatic carbocycles. The van der Waals surface area contributed by atoms with Gasteiger partial charge < -0.3 is 14.8 Å². The molecular formula is C19H19NO4. The first-order valence-corrected chi connectivity index (χ1v) is 7.36. The van der Waals surface area contributed by atoms with E-state index in [0.717, 1.165) is 5.56 Å². The molecule has 0 fully saturated rings. The molecule has 0 heterocycles. The summed E-state index contributed by atoms with van der Waals surface area (Å²) < 4.78 is 9.87. The van der Waals surface area contributed by atoms with E-state index >= 15 is 0 Å². The van der Waals surface area contributed by atoms with Crippen LogP contribution in [-0.4, -0.2) is 26.1 Å². The van der Waals surface area contributed by atoms with Gasteiger partial charge in [-0.2, -0.15) is 0 Å². The molecular weight excluding hydrogens is 306 g/mol. The molecule has 0 saturated heterocycles. The number of para-hydroxylation sites is 2. The van der Waals surface area contributed by atoms with Crippen molar-refractivity contribution in [1.29, 1.82) is 0 Å². The lowest BCUT2D eigenvalue weighted by atomic mass is 10.1. The summed E-state index contributed by atoms with van der Waals surface area (Å²) >= 11 is 0. The summed E-state index contributed by atoms with van der Waals surface area (Å²) in [6.45, 7) is 1.72. The maximum absolute atomic E-state index is 12.3. The van der Waals surface area contributed by atoms with Gasteiger partial charge in [-0.25, -0.2) is 4.79 Å². The van der Waals surface area contributed by atoms with E-state index in [0.29, 0.717) is 22.6 Å². The molecule has 0 radical (unpaired) electrons. The summed E-state index contributed by atoms with van der Waals surface area (Å²) in [6, 6.07) is 14.0. The zero-order valence-corrected chi connectivity index (χ0v) is 13.8. The summed E-state index contributed by atoms with van der Waals surface area (Å²) in [5.41, 5.74) is 2.42. The molecule has 0 aliphatic heterocycles. The number of benzene rings is 2. The fourth-order valence-electron chi connectivity index (χ4n) is 2.12. The van der Waals surface area contributed by atoms with Crippen LogP contribution in [0.25, 0.3) is 6.08 Å². The van der Waals surface area contributed by atoms with E-state index in [9.17, 15) is 9.59 Å². The van der Waals surface area contributed by atoms with Crippen LogP contribution in [0.2, 0.25) is 0 Å². The molecule has 24 heavy (non-hydrogen) atoms. The van der Waals surface area contributed by atoms with E-state index in [2.05, 4.69) is 10.1 Å². The highest BCUT2D eigenvalue weighted by molar-refractivity contribution is 6.07. The number of carbonyl (C=O) groups is 2. The number of methoxy groups -OCH3 is 2. The number of hydrogen-bond acceptors (Lipinski definition) is 4. The highest BCUT2D eigenvalue weighted by Crippen LogP contribution is 2.23. The van der Waals surface area contributed by atoms with Gasteiger partial charge in [0.2, 0.25) is 0 Å². The Kier molecular flexibility index (Phi) is 5.73. The minimum Gasteiger partial charge on any atom is -0.495 e. The van der Waals surface area contributed by atoms with E-state index in [4.69, 9.17) is 4.74 Å². The van der Waals surface area contributed by atoms with E-state index in [1.54, 1.807) is 56.5 Å². The second-order valence-electron chi connectivity index (χ2n) is 5.10. The summed E-state index contributed by atoms with van der Waals surface area (Å²) in [5, 5.41) is 2.81. The normalized spacial score (nSPS) is 10.9. The molecule has 0 bridgehead atoms. The van der Waals surface area contributed by atoms with Crippen LogP contribution in [0.3, 0.4) is 0 Å². The van der Waals surface area contributed by atoms with Crippen molar-refractivity contribution in [3.05, 3.63) is 65.2 Å². The van der Waals surface area contributed by atoms with E-state index in [1.807, 2.05) is 12.1 Å². The predicted octanol–water partition coefficient (Wildman–Crippen LogP) is 3.52. The van der Waals surface area contributed by atoms with Gasteiger partial charge in [0.25, 0.3) is 5.91 Å². The Morgan fingerprint density at radius 2 is 1.67 bits per heavy atom. The Morgan fingerprint density at radius 3 is 2.29 bits per heavy atom. The van der Waals surface area contributed by atoms with Gasteiger partial charge in [-0.1, -0.05) is 24.3 Å². The maximum atomic E-state index is 12.3. The van der Waals surface area contributed by atoms with Gasteiger partial charge in [0.1, 0.15) is 5.75 Å². The van der Waals surface area contributed by atoms with Crippen molar-refractivity contribution in [2.24, 2.45) is 0 Å². The summed E-state index contributed by atoms with van der Waals surface area (Å²) in [7, 11) is 2.89. The van der Waals surface area contributed by atoms with Gasteiger partial charge in [-0.3, -0.25) is 4.79 Å². The van der Waals surface area contributed by atoms with E-state index in [1.165, 1.54) is 7.11 Å². The van der Waals surface area contributed by atoms with Crippen LogP contribution < -0.4 is 10.1 Å². The zero-order chi connectivity index (χ0) is 17.5. The molecule has 0 spiro atoms. The smallest absolute Gasteiger partial charge is 0.337 e. The zero-order valence-electron chi connectivity index (χ0n) is 13.8. The molecule has 5 heteroatoms. The summed E-state index contributed by atoms with van der Waals surface area (Å²) in [5.74, 6) is -0.0196. The van der Waals surface area contributed by atoms with Crippen LogP contribution >= 0.6 is 0 Å². The van der Waals surface area contributed by atoms with Crippen LogP contribution in [0.5, 0.6) is 5.75 Å². The average Bonchev–Trinajstić information content (AvgIpc) is 2.62. The molecule has 2 rings (SSSR count). The molecule has 2 aromatic carbocycles. The standard InChI is InChI=1S/C19H19NO4/c1-13(12-14-8-10-15(11-9-14)19(22)24-3)18(21)20-16-6-4-5-7-17(16)23-2/h4-12H,1-3H3,(H,20,21)/b13-12-. The number of carbonyl (C=O) groups excluding carboxylic acids is 2. The molecule has 124 valence electrons. The van der Waals surface area contributed by atoms with Crippen LogP contribution in [0, 0.1) is 0 Å². The fourth-order valence-corrected chi connectivity index (χ4v) is 2.12. The van der Waals surface area contributed by atoms with Gasteiger partial charge >= 0.3 is 5.97 Å². The van der Waals surface area contributed by atoms with Crippen molar-refractivity contribution in [3.63, 3.8) is 0 Å². The van der Waals surface area contributed by atoms with Crippen molar-refractivity contribution < 1.29 is 19.1 Å². The quantitative estimate of drug-likeness (QED) is 0.675. The first-order chi connectivity index (χ1) is 11.5. The lowest BCUT2D eigenvalue weighted by Crippen LogP contribution is -2.13. The molecule has 0 aliphatic rings. The predicted molar refractivity (Wildman–Crippen MR) is 93.1 cm³/mol. The van der Waals surface area contributed by atoms with Crippen molar-refractivity contribution >= 4 is 23.6 Å². The van der Waals surface area contributed by atoms with Gasteiger partial charge in [0.05, 0.1) is 25.5 Å². The SMILES string of the molecule is COC(=O)c1ccc(/C=C(/C)C(=O)Nc2ccccc2OC)cc1. The molecule has 0 aromatic heterocycles. The number of hydrogen-bond donors (Lipinski definition) is 1. The molecule has 2 aromatic rings. The molecule has 5 nitrogen and oxygen atoms in total. The molecule has 0 saturated carbocycles. The van der Waals surface area contributed by atoms with Gasteiger partial charge in [0, 0.05) is 5.57 Å². The average molecular weight is 325 g/mol. The lowest BCUT2D eigenvalue weighted by molar-refractivity contribution is -0.112. The third-order valence-corrected chi connectivity index (χ3v) is 3.43. The summed E-state index contributed by atoms with van der Waals surface area (Å²) in [4.78, 5) is 23.7. The Morgan fingerprint density at radius 1 is 1.00 bits per heavy atom. The lowest BCUT2D eigenvalue weighted by Gasteiger charge is -2.10. The second-order valence-corrected chi connectivity index (χ2v) is 5.10. The van der Waals surface area contributed by atoms with Gasteiger partial charge in [-0.05, 0) is 42.8 Å². The molecule has 1 N–H and O–H groups in total. The topological polar surface area (TPSA) is 64.6 Å². The number of amides is 1. The van der Waals surface area contributed by atoms with E-state index < -0.39 is 5.97 Å². The van der Waals surface area contributed by atoms with Gasteiger partial charge in [-0.15, -0.1) is 0 Å². The largest absolute Gasteiger partial charge is 0.495 e. The molecule has 1 amide bonds. The Labute approximate surface area is 140 Å². The highest BCUT2D eigenvalue weighted by Gasteiger charge is 2.09. The molecule has 0 unspecified atom stereocenters. The maximum Gasteiger partial charge on any atom is 0.337 e. The molecule has 0 atom stereocenters. The summed E-state index contributed by atoms with van der Waals surface area (Å²) in [6.07, 6.45) is 1.74. The minimum absolute atomic E-state index is 0.225. The van der Waals surface area contributed by atoms with Crippen molar-refractivity contribution in [3.8, 4) is 5.75 Å². The number of nitrogens with one attached hydrogen (secondary N) is 1. The number of esters is 1. The minimum atomic E-state index is -0.392. The third-order valence-electron chi connectivity index (χ3n) is 3.43. The van der Waals surface area contributed by atoms with Crippen LogP contribution in [0.1, 0.15) is 22.8 Å². The van der Waals surface area contributed by atoms with Crippen molar-refractivity contribution in [1.82, 2.24) is 0 Å². The third kappa shape index (κ3) is 4.23. The van der Waals surface area contributed by atoms with E-state index in [-0.39, 0.29) is 5.91 Å². The number of rotatable bonds is 5. The van der Waals surface area contributed by atoms with Gasteiger partial charge in [0.15, 0.2) is 0 Å². The first-order valence-electron chi connectivity index (χ1n) is 7.36. The Hall–Kier alpha value is -3.08. The van der Waals surface area contributed by atoms with Crippen molar-refractivity contribution in [2.45, 2.75) is 6.92 Å². The Balaban J connectivity index is 2.12. The monoisotopic (exact) mass is 325 g/mol. The van der Waals surface area contributed by atoms with Crippen LogP contribution in [-0.2, 0) is 9.53 Å². The van der Waals surface area contributed by atoms with Crippen LogP contribution in [0.15, 0.2) is 54.1 Å². The highest BCUT2D eigenvalue weighted by atomic mass is 16.5. The van der Waals surface area contributed by atoms with Crippen molar-refractivity contribution in [2.75, 3.05) is 19.5 Å². The first kappa shape index (κ1) is 17.3.